The van der Waals surface area contributed by atoms with Crippen LogP contribution in [0.4, 0.5) is 15.8 Å². The molecule has 0 spiro atoms. The average molecular weight is 260 g/mol. The summed E-state index contributed by atoms with van der Waals surface area (Å²) in [6, 6.07) is 10.7. The second-order valence-corrected chi connectivity index (χ2v) is 4.06. The highest BCUT2D eigenvalue weighted by Crippen LogP contribution is 2.24. The lowest BCUT2D eigenvalue weighted by molar-refractivity contribution is 0.0698. The molecule has 0 aliphatic rings. The second kappa shape index (κ2) is 5.39. The third-order valence-corrected chi connectivity index (χ3v) is 2.69. The minimum atomic E-state index is -1.06. The van der Waals surface area contributed by atoms with Gasteiger partial charge in [-0.2, -0.15) is 0 Å². The molecular weight excluding hydrogens is 247 g/mol. The zero-order valence-electron chi connectivity index (χ0n) is 10.1. The van der Waals surface area contributed by atoms with E-state index in [2.05, 4.69) is 5.32 Å². The Bertz CT molecular complexity index is 614. The molecule has 98 valence electrons. The number of nitrogens with one attached hydrogen (secondary N) is 1. The van der Waals surface area contributed by atoms with Crippen molar-refractivity contribution >= 4 is 17.3 Å². The van der Waals surface area contributed by atoms with Gasteiger partial charge in [-0.05, 0) is 29.8 Å². The van der Waals surface area contributed by atoms with E-state index in [0.717, 1.165) is 0 Å². The van der Waals surface area contributed by atoms with Gasteiger partial charge in [0.05, 0.1) is 16.9 Å². The standard InChI is InChI=1S/C14H13FN2O2/c15-10-4-1-3-9(7-10)8-17-13-11(14(18)19)5-2-6-12(13)16/h1-7,17H,8,16H2,(H,18,19). The molecule has 19 heavy (non-hydrogen) atoms. The molecule has 0 aliphatic heterocycles. The van der Waals surface area contributed by atoms with Crippen LogP contribution in [0.25, 0.3) is 0 Å². The number of anilines is 2. The Balaban J connectivity index is 2.22. The molecule has 0 amide bonds. The number of benzene rings is 2. The SMILES string of the molecule is Nc1cccc(C(=O)O)c1NCc1cccc(F)c1. The van der Waals surface area contributed by atoms with Gasteiger partial charge in [0.1, 0.15) is 5.82 Å². The van der Waals surface area contributed by atoms with Gasteiger partial charge < -0.3 is 16.2 Å². The fourth-order valence-electron chi connectivity index (χ4n) is 1.78. The number of halogens is 1. The molecule has 0 radical (unpaired) electrons. The number of hydrogen-bond acceptors (Lipinski definition) is 3. The zero-order chi connectivity index (χ0) is 13.8. The summed E-state index contributed by atoms with van der Waals surface area (Å²) in [5.74, 6) is -1.40. The highest BCUT2D eigenvalue weighted by molar-refractivity contribution is 5.97. The van der Waals surface area contributed by atoms with Crippen LogP contribution in [0.1, 0.15) is 15.9 Å². The van der Waals surface area contributed by atoms with Crippen LogP contribution in [0.5, 0.6) is 0 Å². The summed E-state index contributed by atoms with van der Waals surface area (Å²) in [4.78, 5) is 11.1. The number of carboxylic acids is 1. The number of para-hydroxylation sites is 1. The zero-order valence-corrected chi connectivity index (χ0v) is 10.1. The summed E-state index contributed by atoms with van der Waals surface area (Å²) in [5.41, 5.74) is 7.25. The van der Waals surface area contributed by atoms with Crippen molar-refractivity contribution in [2.24, 2.45) is 0 Å². The molecule has 2 rings (SSSR count). The third kappa shape index (κ3) is 3.01. The first kappa shape index (κ1) is 12.9. The number of carbonyl (C=O) groups is 1. The normalized spacial score (nSPS) is 10.2. The van der Waals surface area contributed by atoms with Crippen LogP contribution in [0.15, 0.2) is 42.5 Å². The minimum Gasteiger partial charge on any atom is -0.478 e. The molecule has 0 unspecified atom stereocenters. The lowest BCUT2D eigenvalue weighted by Crippen LogP contribution is -2.09. The van der Waals surface area contributed by atoms with Crippen molar-refractivity contribution in [1.82, 2.24) is 0 Å². The highest BCUT2D eigenvalue weighted by atomic mass is 19.1. The van der Waals surface area contributed by atoms with Gasteiger partial charge in [0.25, 0.3) is 0 Å². The van der Waals surface area contributed by atoms with E-state index in [0.29, 0.717) is 23.5 Å². The Hall–Kier alpha value is -2.56. The van der Waals surface area contributed by atoms with Crippen molar-refractivity contribution in [1.29, 1.82) is 0 Å². The van der Waals surface area contributed by atoms with Gasteiger partial charge in [0.2, 0.25) is 0 Å². The largest absolute Gasteiger partial charge is 0.478 e. The molecule has 2 aromatic rings. The van der Waals surface area contributed by atoms with E-state index in [4.69, 9.17) is 10.8 Å². The Morgan fingerprint density at radius 2 is 2.00 bits per heavy atom. The number of rotatable bonds is 4. The number of nitrogens with two attached hydrogens (primary N) is 1. The fourth-order valence-corrected chi connectivity index (χ4v) is 1.78. The number of nitrogen functional groups attached to an aromatic ring is 1. The van der Waals surface area contributed by atoms with Crippen LogP contribution in [-0.2, 0) is 6.54 Å². The van der Waals surface area contributed by atoms with Crippen LogP contribution < -0.4 is 11.1 Å². The summed E-state index contributed by atoms with van der Waals surface area (Å²) in [6.07, 6.45) is 0. The maximum absolute atomic E-state index is 13.0. The molecule has 0 saturated carbocycles. The van der Waals surface area contributed by atoms with Gasteiger partial charge >= 0.3 is 5.97 Å². The number of hydrogen-bond donors (Lipinski definition) is 3. The maximum atomic E-state index is 13.0. The first-order valence-electron chi connectivity index (χ1n) is 5.68. The molecule has 5 heteroatoms. The monoisotopic (exact) mass is 260 g/mol. The molecule has 4 nitrogen and oxygen atoms in total. The summed E-state index contributed by atoms with van der Waals surface area (Å²) in [7, 11) is 0. The van der Waals surface area contributed by atoms with Gasteiger partial charge in [-0.1, -0.05) is 18.2 Å². The number of aromatic carboxylic acids is 1. The molecule has 0 fully saturated rings. The Labute approximate surface area is 109 Å². The summed E-state index contributed by atoms with van der Waals surface area (Å²) < 4.78 is 13.0. The predicted molar refractivity (Wildman–Crippen MR) is 71.5 cm³/mol. The second-order valence-electron chi connectivity index (χ2n) is 4.06. The van der Waals surface area contributed by atoms with Crippen LogP contribution in [0.2, 0.25) is 0 Å². The van der Waals surface area contributed by atoms with E-state index in [1.807, 2.05) is 0 Å². The topological polar surface area (TPSA) is 75.4 Å². The van der Waals surface area contributed by atoms with E-state index >= 15 is 0 Å². The quantitative estimate of drug-likeness (QED) is 0.739. The van der Waals surface area contributed by atoms with Crippen LogP contribution in [0.3, 0.4) is 0 Å². The van der Waals surface area contributed by atoms with Gasteiger partial charge in [0, 0.05) is 6.54 Å². The molecule has 2 aromatic carbocycles. The van der Waals surface area contributed by atoms with Gasteiger partial charge in [-0.3, -0.25) is 0 Å². The van der Waals surface area contributed by atoms with Crippen molar-refractivity contribution in [3.8, 4) is 0 Å². The van der Waals surface area contributed by atoms with Crippen LogP contribution >= 0.6 is 0 Å². The Morgan fingerprint density at radius 1 is 1.26 bits per heavy atom. The molecule has 0 heterocycles. The molecule has 0 saturated heterocycles. The van der Waals surface area contributed by atoms with Crippen molar-refractivity contribution in [2.45, 2.75) is 6.54 Å². The molecule has 4 N–H and O–H groups in total. The summed E-state index contributed by atoms with van der Waals surface area (Å²) in [6.45, 7) is 0.298. The van der Waals surface area contributed by atoms with Crippen molar-refractivity contribution < 1.29 is 14.3 Å². The smallest absolute Gasteiger partial charge is 0.337 e. The lowest BCUT2D eigenvalue weighted by atomic mass is 10.1. The molecular formula is C14H13FN2O2. The first-order chi connectivity index (χ1) is 9.08. The van der Waals surface area contributed by atoms with Crippen molar-refractivity contribution in [3.05, 3.63) is 59.4 Å². The van der Waals surface area contributed by atoms with E-state index in [9.17, 15) is 9.18 Å². The van der Waals surface area contributed by atoms with Gasteiger partial charge in [-0.25, -0.2) is 9.18 Å². The minimum absolute atomic E-state index is 0.0939. The third-order valence-electron chi connectivity index (χ3n) is 2.69. The van der Waals surface area contributed by atoms with E-state index in [1.165, 1.54) is 18.2 Å². The highest BCUT2D eigenvalue weighted by Gasteiger charge is 2.12. The van der Waals surface area contributed by atoms with Gasteiger partial charge in [0.15, 0.2) is 0 Å². The molecule has 0 atom stereocenters. The van der Waals surface area contributed by atoms with Gasteiger partial charge in [-0.15, -0.1) is 0 Å². The first-order valence-corrected chi connectivity index (χ1v) is 5.68. The average Bonchev–Trinajstić information content (AvgIpc) is 2.37. The molecule has 0 aromatic heterocycles. The Kier molecular flexibility index (Phi) is 3.66. The van der Waals surface area contributed by atoms with Crippen molar-refractivity contribution in [2.75, 3.05) is 11.1 Å². The number of carboxylic acid groups (broad SMARTS) is 1. The fraction of sp³-hybridized carbons (Fsp3) is 0.0714. The maximum Gasteiger partial charge on any atom is 0.337 e. The van der Waals surface area contributed by atoms with Crippen molar-refractivity contribution in [3.63, 3.8) is 0 Å². The van der Waals surface area contributed by atoms with E-state index < -0.39 is 5.97 Å². The summed E-state index contributed by atoms with van der Waals surface area (Å²) >= 11 is 0. The Morgan fingerprint density at radius 3 is 2.68 bits per heavy atom. The van der Waals surface area contributed by atoms with E-state index in [1.54, 1.807) is 24.3 Å². The van der Waals surface area contributed by atoms with Crippen LogP contribution in [0, 0.1) is 5.82 Å². The van der Waals surface area contributed by atoms with Crippen LogP contribution in [-0.4, -0.2) is 11.1 Å². The summed E-state index contributed by atoms with van der Waals surface area (Å²) in [5, 5.41) is 12.0. The lowest BCUT2D eigenvalue weighted by Gasteiger charge is -2.12. The molecule has 0 bridgehead atoms. The van der Waals surface area contributed by atoms with E-state index in [-0.39, 0.29) is 11.4 Å². The predicted octanol–water partition coefficient (Wildman–Crippen LogP) is 2.72. The molecule has 0 aliphatic carbocycles.